The van der Waals surface area contributed by atoms with Crippen molar-refractivity contribution < 1.29 is 13.2 Å². The number of aliphatic imine (C=N–C) groups is 1. The third-order valence-electron chi connectivity index (χ3n) is 3.99. The number of sulfonamides is 1. The van der Waals surface area contributed by atoms with Gasteiger partial charge in [-0.25, -0.2) is 13.1 Å². The van der Waals surface area contributed by atoms with Crippen LogP contribution in [0.4, 0.5) is 0 Å². The van der Waals surface area contributed by atoms with Crippen molar-refractivity contribution in [2.45, 2.75) is 18.4 Å². The second kappa shape index (κ2) is 9.35. The van der Waals surface area contributed by atoms with Crippen LogP contribution in [-0.4, -0.2) is 46.4 Å². The van der Waals surface area contributed by atoms with Gasteiger partial charge in [0.05, 0.1) is 24.4 Å². The van der Waals surface area contributed by atoms with Crippen LogP contribution in [0.2, 0.25) is 0 Å². The van der Waals surface area contributed by atoms with Crippen molar-refractivity contribution in [1.29, 1.82) is 0 Å². The number of amidine groups is 1. The fourth-order valence-corrected chi connectivity index (χ4v) is 3.28. The summed E-state index contributed by atoms with van der Waals surface area (Å²) in [7, 11) is -0.0987. The van der Waals surface area contributed by atoms with Gasteiger partial charge in [-0.3, -0.25) is 4.99 Å². The van der Waals surface area contributed by atoms with Gasteiger partial charge in [-0.1, -0.05) is 30.3 Å². The van der Waals surface area contributed by atoms with E-state index in [1.165, 1.54) is 12.1 Å². The molecular formula is C19H25N3O3S. The van der Waals surface area contributed by atoms with Crippen LogP contribution in [0.25, 0.3) is 0 Å². The highest BCUT2D eigenvalue weighted by Crippen LogP contribution is 2.15. The third-order valence-corrected chi connectivity index (χ3v) is 5.47. The Kier molecular flexibility index (Phi) is 7.17. The van der Waals surface area contributed by atoms with E-state index in [1.54, 1.807) is 19.2 Å². The predicted octanol–water partition coefficient (Wildman–Crippen LogP) is 2.52. The standard InChI is InChI=1S/C19H25N3O3S/c1-16(20-15-17-7-5-4-6-8-17)22(2)14-13-21-26(23,24)19-11-9-18(25-3)10-12-19/h4-12,21H,13-15H2,1-3H3. The summed E-state index contributed by atoms with van der Waals surface area (Å²) >= 11 is 0. The van der Waals surface area contributed by atoms with Gasteiger partial charge in [0.1, 0.15) is 5.75 Å². The molecule has 0 bridgehead atoms. The maximum Gasteiger partial charge on any atom is 0.240 e. The number of methoxy groups -OCH3 is 1. The zero-order valence-electron chi connectivity index (χ0n) is 15.3. The van der Waals surface area contributed by atoms with Gasteiger partial charge in [0.2, 0.25) is 10.0 Å². The van der Waals surface area contributed by atoms with Crippen LogP contribution in [0.1, 0.15) is 12.5 Å². The van der Waals surface area contributed by atoms with E-state index in [9.17, 15) is 8.42 Å². The van der Waals surface area contributed by atoms with Crippen LogP contribution in [-0.2, 0) is 16.6 Å². The fourth-order valence-electron chi connectivity index (χ4n) is 2.26. The number of rotatable bonds is 8. The van der Waals surface area contributed by atoms with E-state index in [4.69, 9.17) is 4.74 Å². The Bertz CT molecular complexity index is 819. The van der Waals surface area contributed by atoms with Crippen LogP contribution >= 0.6 is 0 Å². The summed E-state index contributed by atoms with van der Waals surface area (Å²) in [5.41, 5.74) is 1.14. The minimum absolute atomic E-state index is 0.218. The minimum Gasteiger partial charge on any atom is -0.497 e. The molecule has 2 aromatic carbocycles. The van der Waals surface area contributed by atoms with E-state index in [2.05, 4.69) is 9.71 Å². The molecule has 0 saturated heterocycles. The summed E-state index contributed by atoms with van der Waals surface area (Å²) in [5, 5.41) is 0. The lowest BCUT2D eigenvalue weighted by Crippen LogP contribution is -2.35. The molecule has 0 unspecified atom stereocenters. The van der Waals surface area contributed by atoms with Crippen molar-refractivity contribution in [2.75, 3.05) is 27.2 Å². The van der Waals surface area contributed by atoms with Gasteiger partial charge in [0, 0.05) is 20.1 Å². The Morgan fingerprint density at radius 3 is 2.38 bits per heavy atom. The van der Waals surface area contributed by atoms with Crippen LogP contribution in [0.15, 0.2) is 64.5 Å². The molecule has 6 nitrogen and oxygen atoms in total. The van der Waals surface area contributed by atoms with Crippen molar-refractivity contribution in [3.63, 3.8) is 0 Å². The molecule has 0 aliphatic heterocycles. The molecule has 7 heteroatoms. The Morgan fingerprint density at radius 1 is 1.12 bits per heavy atom. The van der Waals surface area contributed by atoms with E-state index >= 15 is 0 Å². The van der Waals surface area contributed by atoms with Crippen molar-refractivity contribution in [3.8, 4) is 5.75 Å². The van der Waals surface area contributed by atoms with Gasteiger partial charge in [-0.15, -0.1) is 0 Å². The monoisotopic (exact) mass is 375 g/mol. The van der Waals surface area contributed by atoms with E-state index in [0.717, 1.165) is 11.4 Å². The van der Waals surface area contributed by atoms with E-state index in [0.29, 0.717) is 25.4 Å². The van der Waals surface area contributed by atoms with E-state index in [1.807, 2.05) is 49.2 Å². The Balaban J connectivity index is 1.85. The SMILES string of the molecule is COc1ccc(S(=O)(=O)NCCN(C)C(C)=NCc2ccccc2)cc1. The molecule has 2 aromatic rings. The molecule has 0 saturated carbocycles. The van der Waals surface area contributed by atoms with E-state index < -0.39 is 10.0 Å². The average Bonchev–Trinajstić information content (AvgIpc) is 2.66. The molecule has 1 N–H and O–H groups in total. The van der Waals surface area contributed by atoms with Gasteiger partial charge in [-0.05, 0) is 36.8 Å². The first-order valence-electron chi connectivity index (χ1n) is 8.32. The lowest BCUT2D eigenvalue weighted by molar-refractivity contribution is 0.414. The van der Waals surface area contributed by atoms with Crippen molar-refractivity contribution in [2.24, 2.45) is 4.99 Å². The molecule has 0 aliphatic carbocycles. The zero-order chi connectivity index (χ0) is 19.0. The predicted molar refractivity (Wildman–Crippen MR) is 104 cm³/mol. The number of hydrogen-bond donors (Lipinski definition) is 1. The first-order valence-corrected chi connectivity index (χ1v) is 9.80. The third kappa shape index (κ3) is 5.86. The van der Waals surface area contributed by atoms with Crippen LogP contribution < -0.4 is 9.46 Å². The molecule has 0 amide bonds. The number of likely N-dealkylation sites (N-methyl/N-ethyl adjacent to an activating group) is 1. The topological polar surface area (TPSA) is 71.0 Å². The van der Waals surface area contributed by atoms with Gasteiger partial charge >= 0.3 is 0 Å². The lowest BCUT2D eigenvalue weighted by Gasteiger charge is -2.19. The molecular weight excluding hydrogens is 350 g/mol. The summed E-state index contributed by atoms with van der Waals surface area (Å²) in [6.07, 6.45) is 0. The second-order valence-corrected chi connectivity index (χ2v) is 7.61. The average molecular weight is 375 g/mol. The summed E-state index contributed by atoms with van der Waals surface area (Å²) in [4.78, 5) is 6.69. The summed E-state index contributed by atoms with van der Waals surface area (Å²) in [5.74, 6) is 1.48. The largest absolute Gasteiger partial charge is 0.497 e. The number of ether oxygens (including phenoxy) is 1. The summed E-state index contributed by atoms with van der Waals surface area (Å²) < 4.78 is 32.2. The first-order chi connectivity index (χ1) is 12.4. The molecule has 0 aliphatic rings. The zero-order valence-corrected chi connectivity index (χ0v) is 16.2. The van der Waals surface area contributed by atoms with Crippen molar-refractivity contribution in [3.05, 3.63) is 60.2 Å². The van der Waals surface area contributed by atoms with Crippen molar-refractivity contribution >= 4 is 15.9 Å². The van der Waals surface area contributed by atoms with Gasteiger partial charge in [0.25, 0.3) is 0 Å². The molecule has 2 rings (SSSR count). The second-order valence-electron chi connectivity index (χ2n) is 5.84. The molecule has 0 atom stereocenters. The number of hydrogen-bond acceptors (Lipinski definition) is 4. The summed E-state index contributed by atoms with van der Waals surface area (Å²) in [6.45, 7) is 3.35. The number of nitrogens with zero attached hydrogens (tertiary/aromatic N) is 2. The highest BCUT2D eigenvalue weighted by molar-refractivity contribution is 7.89. The van der Waals surface area contributed by atoms with Gasteiger partial charge in [0.15, 0.2) is 0 Å². The maximum atomic E-state index is 12.3. The quantitative estimate of drug-likeness (QED) is 0.568. The molecule has 0 radical (unpaired) electrons. The molecule has 0 heterocycles. The Morgan fingerprint density at radius 2 is 1.77 bits per heavy atom. The summed E-state index contributed by atoms with van der Waals surface area (Å²) in [6, 6.07) is 16.3. The lowest BCUT2D eigenvalue weighted by atomic mass is 10.2. The maximum absolute atomic E-state index is 12.3. The first kappa shape index (κ1) is 19.9. The normalized spacial score (nSPS) is 12.0. The molecule has 0 spiro atoms. The number of benzene rings is 2. The highest BCUT2D eigenvalue weighted by atomic mass is 32.2. The molecule has 26 heavy (non-hydrogen) atoms. The smallest absolute Gasteiger partial charge is 0.240 e. The van der Waals surface area contributed by atoms with Gasteiger partial charge in [-0.2, -0.15) is 0 Å². The minimum atomic E-state index is -3.53. The highest BCUT2D eigenvalue weighted by Gasteiger charge is 2.13. The number of nitrogens with one attached hydrogen (secondary N) is 1. The van der Waals surface area contributed by atoms with E-state index in [-0.39, 0.29) is 4.90 Å². The Hall–Kier alpha value is -2.38. The van der Waals surface area contributed by atoms with Gasteiger partial charge < -0.3 is 9.64 Å². The Labute approximate surface area is 155 Å². The van der Waals surface area contributed by atoms with Crippen LogP contribution in [0, 0.1) is 0 Å². The molecule has 0 fully saturated rings. The molecule has 0 aromatic heterocycles. The fraction of sp³-hybridized carbons (Fsp3) is 0.316. The van der Waals surface area contributed by atoms with Crippen LogP contribution in [0.3, 0.4) is 0 Å². The van der Waals surface area contributed by atoms with Crippen LogP contribution in [0.5, 0.6) is 5.75 Å². The molecule has 140 valence electrons. The van der Waals surface area contributed by atoms with Crippen molar-refractivity contribution in [1.82, 2.24) is 9.62 Å².